The molecule has 1 unspecified atom stereocenters. The van der Waals surface area contributed by atoms with E-state index in [1.54, 1.807) is 0 Å². The molecule has 2 heteroatoms. The van der Waals surface area contributed by atoms with Crippen molar-refractivity contribution in [3.63, 3.8) is 0 Å². The van der Waals surface area contributed by atoms with Crippen molar-refractivity contribution < 1.29 is 0 Å². The van der Waals surface area contributed by atoms with Crippen molar-refractivity contribution in [1.82, 2.24) is 0 Å². The number of alkyl halides is 1. The molecule has 1 aliphatic rings. The minimum absolute atomic E-state index is 0.969. The van der Waals surface area contributed by atoms with E-state index in [1.807, 2.05) is 0 Å². The van der Waals surface area contributed by atoms with Gasteiger partial charge in [-0.3, -0.25) is 0 Å². The summed E-state index contributed by atoms with van der Waals surface area (Å²) in [7, 11) is 0. The van der Waals surface area contributed by atoms with Crippen LogP contribution < -0.4 is 0 Å². The Bertz CT molecular complexity index is 50.0. The van der Waals surface area contributed by atoms with Crippen molar-refractivity contribution in [2.75, 3.05) is 11.5 Å². The van der Waals surface area contributed by atoms with Crippen LogP contribution in [-0.4, -0.2) is 15.4 Å². The van der Waals surface area contributed by atoms with Crippen LogP contribution in [0.25, 0.3) is 0 Å². The first-order valence-corrected chi connectivity index (χ1v) is 5.01. The largest absolute Gasteiger partial charge is 0.161 e. The molecule has 0 amide bonds. The number of hydrogen-bond acceptors (Lipinski definition) is 1. The Balaban J connectivity index is 2.12. The molecule has 1 fully saturated rings. The zero-order chi connectivity index (χ0) is 5.11. The summed E-state index contributed by atoms with van der Waals surface area (Å²) in [5.74, 6) is 2.79. The second kappa shape index (κ2) is 3.17. The van der Waals surface area contributed by atoms with Crippen molar-refractivity contribution in [3.8, 4) is 0 Å². The third-order valence-electron chi connectivity index (χ3n) is 1.10. The number of thioether (sulfide) groups is 1. The fraction of sp³-hybridized carbons (Fsp3) is 1.00. The van der Waals surface area contributed by atoms with Crippen LogP contribution in [0.2, 0.25) is 0 Å². The fourth-order valence-corrected chi connectivity index (χ4v) is 2.86. The summed E-state index contributed by atoms with van der Waals surface area (Å²) in [5, 5.41) is 0. The number of rotatable bonds is 0. The lowest BCUT2D eigenvalue weighted by Crippen LogP contribution is -2.07. The molecule has 0 saturated carbocycles. The van der Waals surface area contributed by atoms with Crippen molar-refractivity contribution in [2.24, 2.45) is 0 Å². The molecule has 0 aromatic carbocycles. The van der Waals surface area contributed by atoms with Gasteiger partial charge in [-0.1, -0.05) is 22.6 Å². The Morgan fingerprint density at radius 3 is 2.71 bits per heavy atom. The van der Waals surface area contributed by atoms with Crippen molar-refractivity contribution in [2.45, 2.75) is 16.8 Å². The SMILES string of the molecule is IC1CCCSC1. The van der Waals surface area contributed by atoms with Gasteiger partial charge in [0.15, 0.2) is 0 Å². The van der Waals surface area contributed by atoms with Crippen LogP contribution in [0.15, 0.2) is 0 Å². The molecule has 0 aliphatic carbocycles. The highest BCUT2D eigenvalue weighted by atomic mass is 127. The lowest BCUT2D eigenvalue weighted by molar-refractivity contribution is 0.800. The van der Waals surface area contributed by atoms with Crippen LogP contribution in [0.1, 0.15) is 12.8 Å². The van der Waals surface area contributed by atoms with Gasteiger partial charge >= 0.3 is 0 Å². The van der Waals surface area contributed by atoms with E-state index in [2.05, 4.69) is 34.4 Å². The van der Waals surface area contributed by atoms with Crippen molar-refractivity contribution in [1.29, 1.82) is 0 Å². The molecule has 0 aromatic heterocycles. The molecular weight excluding hydrogens is 219 g/mol. The summed E-state index contributed by atoms with van der Waals surface area (Å²) in [4.78, 5) is 0. The van der Waals surface area contributed by atoms with E-state index in [0.29, 0.717) is 0 Å². The highest BCUT2D eigenvalue weighted by molar-refractivity contribution is 14.1. The van der Waals surface area contributed by atoms with Crippen LogP contribution in [0, 0.1) is 0 Å². The van der Waals surface area contributed by atoms with Gasteiger partial charge in [0.2, 0.25) is 0 Å². The summed E-state index contributed by atoms with van der Waals surface area (Å²) in [6, 6.07) is 0. The lowest BCUT2D eigenvalue weighted by Gasteiger charge is -2.13. The van der Waals surface area contributed by atoms with Gasteiger partial charge < -0.3 is 0 Å². The Labute approximate surface area is 62.6 Å². The number of hydrogen-bond donors (Lipinski definition) is 0. The van der Waals surface area contributed by atoms with Gasteiger partial charge in [0.25, 0.3) is 0 Å². The van der Waals surface area contributed by atoms with E-state index in [1.165, 1.54) is 24.3 Å². The van der Waals surface area contributed by atoms with Gasteiger partial charge in [0.1, 0.15) is 0 Å². The molecule has 1 atom stereocenters. The van der Waals surface area contributed by atoms with Crippen LogP contribution in [0.3, 0.4) is 0 Å². The molecule has 42 valence electrons. The molecule has 0 nitrogen and oxygen atoms in total. The first kappa shape index (κ1) is 6.20. The predicted molar refractivity (Wildman–Crippen MR) is 44.4 cm³/mol. The maximum Gasteiger partial charge on any atom is 0.0200 e. The van der Waals surface area contributed by atoms with Crippen LogP contribution in [-0.2, 0) is 0 Å². The summed E-state index contributed by atoms with van der Waals surface area (Å²) < 4.78 is 0.969. The van der Waals surface area contributed by atoms with Crippen molar-refractivity contribution in [3.05, 3.63) is 0 Å². The minimum Gasteiger partial charge on any atom is -0.161 e. The van der Waals surface area contributed by atoms with Crippen LogP contribution >= 0.6 is 34.4 Å². The van der Waals surface area contributed by atoms with E-state index >= 15 is 0 Å². The van der Waals surface area contributed by atoms with Gasteiger partial charge in [-0.25, -0.2) is 0 Å². The summed E-state index contributed by atoms with van der Waals surface area (Å²) >= 11 is 4.63. The van der Waals surface area contributed by atoms with E-state index < -0.39 is 0 Å². The molecule has 0 spiro atoms. The number of halogens is 1. The maximum absolute atomic E-state index is 2.54. The second-order valence-corrected chi connectivity index (χ2v) is 4.73. The fourth-order valence-electron chi connectivity index (χ4n) is 0.701. The molecule has 0 bridgehead atoms. The first-order chi connectivity index (χ1) is 3.39. The van der Waals surface area contributed by atoms with Crippen LogP contribution in [0.5, 0.6) is 0 Å². The first-order valence-electron chi connectivity index (χ1n) is 2.61. The van der Waals surface area contributed by atoms with Gasteiger partial charge in [0.05, 0.1) is 0 Å². The maximum atomic E-state index is 2.54. The lowest BCUT2D eigenvalue weighted by atomic mass is 10.3. The molecule has 1 saturated heterocycles. The zero-order valence-electron chi connectivity index (χ0n) is 4.19. The molecule has 0 N–H and O–H groups in total. The third-order valence-corrected chi connectivity index (χ3v) is 3.98. The Kier molecular flexibility index (Phi) is 2.81. The third kappa shape index (κ3) is 2.22. The van der Waals surface area contributed by atoms with E-state index in [0.717, 1.165) is 3.92 Å². The smallest absolute Gasteiger partial charge is 0.0200 e. The predicted octanol–water partition coefficient (Wildman–Crippen LogP) is 2.32. The Morgan fingerprint density at radius 2 is 2.43 bits per heavy atom. The quantitative estimate of drug-likeness (QED) is 0.453. The monoisotopic (exact) mass is 228 g/mol. The second-order valence-electron chi connectivity index (χ2n) is 1.81. The van der Waals surface area contributed by atoms with E-state index in [4.69, 9.17) is 0 Å². The van der Waals surface area contributed by atoms with E-state index in [9.17, 15) is 0 Å². The summed E-state index contributed by atoms with van der Waals surface area (Å²) in [5.41, 5.74) is 0. The molecule has 1 aliphatic heterocycles. The van der Waals surface area contributed by atoms with E-state index in [-0.39, 0.29) is 0 Å². The summed E-state index contributed by atoms with van der Waals surface area (Å²) in [6.07, 6.45) is 2.89. The van der Waals surface area contributed by atoms with Crippen LogP contribution in [0.4, 0.5) is 0 Å². The highest BCUT2D eigenvalue weighted by Gasteiger charge is 2.07. The normalized spacial score (nSPS) is 33.0. The van der Waals surface area contributed by atoms with Gasteiger partial charge in [-0.2, -0.15) is 11.8 Å². The molecule has 1 heterocycles. The van der Waals surface area contributed by atoms with Gasteiger partial charge in [-0.15, -0.1) is 0 Å². The topological polar surface area (TPSA) is 0 Å². The highest BCUT2D eigenvalue weighted by Crippen LogP contribution is 2.22. The molecule has 1 rings (SSSR count). The molecular formula is C5H9IS. The average molecular weight is 228 g/mol. The summed E-state index contributed by atoms with van der Waals surface area (Å²) in [6.45, 7) is 0. The molecule has 0 aromatic rings. The van der Waals surface area contributed by atoms with Gasteiger partial charge in [-0.05, 0) is 18.6 Å². The standard InChI is InChI=1S/C5H9IS/c6-5-2-1-3-7-4-5/h5H,1-4H2. The Hall–Kier alpha value is 1.08. The minimum atomic E-state index is 0.969. The average Bonchev–Trinajstić information content (AvgIpc) is 1.69. The molecule has 7 heavy (non-hydrogen) atoms. The molecule has 0 radical (unpaired) electrons. The zero-order valence-corrected chi connectivity index (χ0v) is 7.17. The van der Waals surface area contributed by atoms with Crippen molar-refractivity contribution >= 4 is 34.4 Å². The van der Waals surface area contributed by atoms with Gasteiger partial charge in [0, 0.05) is 9.68 Å². The Morgan fingerprint density at radius 1 is 1.57 bits per heavy atom.